The fourth-order valence-corrected chi connectivity index (χ4v) is 4.64. The highest BCUT2D eigenvalue weighted by Gasteiger charge is 2.35. The second-order valence-electron chi connectivity index (χ2n) is 7.22. The Hall–Kier alpha value is -2.87. The molecular formula is C21H23N3O4S. The number of rotatable bonds is 8. The van der Waals surface area contributed by atoms with Crippen molar-refractivity contribution in [1.29, 1.82) is 0 Å². The van der Waals surface area contributed by atoms with Gasteiger partial charge in [-0.1, -0.05) is 43.2 Å². The zero-order valence-electron chi connectivity index (χ0n) is 15.9. The molecule has 2 amide bonds. The van der Waals surface area contributed by atoms with Crippen LogP contribution in [0.3, 0.4) is 0 Å². The number of amides is 2. The van der Waals surface area contributed by atoms with Gasteiger partial charge in [0.1, 0.15) is 0 Å². The number of nitrogens with one attached hydrogen (secondary N) is 1. The number of nitro benzene ring substituents is 1. The van der Waals surface area contributed by atoms with Crippen LogP contribution in [0.1, 0.15) is 41.6 Å². The van der Waals surface area contributed by atoms with Gasteiger partial charge in [0.15, 0.2) is 0 Å². The van der Waals surface area contributed by atoms with Crippen LogP contribution >= 0.6 is 11.8 Å². The van der Waals surface area contributed by atoms with E-state index in [0.717, 1.165) is 43.5 Å². The summed E-state index contributed by atoms with van der Waals surface area (Å²) in [4.78, 5) is 34.7. The van der Waals surface area contributed by atoms with Crippen molar-refractivity contribution < 1.29 is 14.5 Å². The highest BCUT2D eigenvalue weighted by atomic mass is 32.2. The Labute approximate surface area is 173 Å². The lowest BCUT2D eigenvalue weighted by Gasteiger charge is -2.30. The molecule has 0 atom stereocenters. The van der Waals surface area contributed by atoms with Crippen LogP contribution < -0.4 is 11.1 Å². The first-order chi connectivity index (χ1) is 13.9. The predicted octanol–water partition coefficient (Wildman–Crippen LogP) is 3.41. The third-order valence-electron chi connectivity index (χ3n) is 5.37. The predicted molar refractivity (Wildman–Crippen MR) is 112 cm³/mol. The summed E-state index contributed by atoms with van der Waals surface area (Å²) in [6, 6.07) is 14.3. The van der Waals surface area contributed by atoms with E-state index in [9.17, 15) is 19.7 Å². The van der Waals surface area contributed by atoms with Crippen molar-refractivity contribution in [2.45, 2.75) is 36.0 Å². The molecule has 1 saturated carbocycles. The van der Waals surface area contributed by atoms with Crippen molar-refractivity contribution in [3.63, 3.8) is 0 Å². The molecule has 0 bridgehead atoms. The highest BCUT2D eigenvalue weighted by molar-refractivity contribution is 8.00. The fourth-order valence-electron chi connectivity index (χ4n) is 3.81. The molecule has 3 N–H and O–H groups in total. The average Bonchev–Trinajstić information content (AvgIpc) is 3.21. The molecule has 0 aromatic heterocycles. The number of nitrogens with two attached hydrogens (primary N) is 1. The summed E-state index contributed by atoms with van der Waals surface area (Å²) < 4.78 is 0. The molecule has 1 aliphatic rings. The van der Waals surface area contributed by atoms with Crippen LogP contribution in [0, 0.1) is 10.1 Å². The third-order valence-corrected chi connectivity index (χ3v) is 6.43. The number of hydrogen-bond acceptors (Lipinski definition) is 5. The summed E-state index contributed by atoms with van der Waals surface area (Å²) in [6.07, 6.45) is 4.34. The molecule has 0 spiro atoms. The maximum absolute atomic E-state index is 12.4. The SMILES string of the molecule is NC(=O)c1ccc(SCC(=O)NCC2(c3ccccc3)CCCC2)c([N+](=O)[O-])c1. The number of primary amides is 1. The summed E-state index contributed by atoms with van der Waals surface area (Å²) in [7, 11) is 0. The van der Waals surface area contributed by atoms with E-state index in [1.807, 2.05) is 18.2 Å². The molecule has 7 nitrogen and oxygen atoms in total. The van der Waals surface area contributed by atoms with Gasteiger partial charge in [0, 0.05) is 23.6 Å². The molecule has 8 heteroatoms. The normalized spacial score (nSPS) is 15.0. The molecule has 2 aromatic carbocycles. The van der Waals surface area contributed by atoms with Crippen molar-refractivity contribution in [1.82, 2.24) is 5.32 Å². The van der Waals surface area contributed by atoms with Crippen LogP contribution in [0.25, 0.3) is 0 Å². The lowest BCUT2D eigenvalue weighted by atomic mass is 9.79. The first-order valence-corrected chi connectivity index (χ1v) is 10.4. The standard InChI is InChI=1S/C21H23N3O4S/c22-20(26)15-8-9-18(17(12-15)24(27)28)29-13-19(25)23-14-21(10-4-5-11-21)16-6-2-1-3-7-16/h1-3,6-9,12H,4-5,10-11,13-14H2,(H2,22,26)(H,23,25). The van der Waals surface area contributed by atoms with Crippen LogP contribution in [-0.4, -0.2) is 29.0 Å². The molecule has 0 heterocycles. The van der Waals surface area contributed by atoms with Crippen molar-refractivity contribution in [3.8, 4) is 0 Å². The summed E-state index contributed by atoms with van der Waals surface area (Å²) in [5.74, 6) is -0.850. The van der Waals surface area contributed by atoms with Gasteiger partial charge in [-0.25, -0.2) is 0 Å². The lowest BCUT2D eigenvalue weighted by Crippen LogP contribution is -2.39. The van der Waals surface area contributed by atoms with E-state index in [1.165, 1.54) is 17.7 Å². The number of carbonyl (C=O) groups excluding carboxylic acids is 2. The second kappa shape index (κ2) is 9.09. The van der Waals surface area contributed by atoms with Crippen molar-refractivity contribution in [2.24, 2.45) is 5.73 Å². The molecule has 1 aliphatic carbocycles. The Morgan fingerprint density at radius 1 is 1.14 bits per heavy atom. The van der Waals surface area contributed by atoms with E-state index < -0.39 is 10.8 Å². The Morgan fingerprint density at radius 3 is 2.45 bits per heavy atom. The van der Waals surface area contributed by atoms with Gasteiger partial charge in [-0.15, -0.1) is 11.8 Å². The van der Waals surface area contributed by atoms with Gasteiger partial charge in [-0.2, -0.15) is 0 Å². The molecule has 0 saturated heterocycles. The number of thioether (sulfide) groups is 1. The smallest absolute Gasteiger partial charge is 0.283 e. The number of nitro groups is 1. The Morgan fingerprint density at radius 2 is 1.83 bits per heavy atom. The van der Waals surface area contributed by atoms with Crippen molar-refractivity contribution in [3.05, 3.63) is 69.8 Å². The molecular weight excluding hydrogens is 390 g/mol. The van der Waals surface area contributed by atoms with Crippen LogP contribution in [0.15, 0.2) is 53.4 Å². The monoisotopic (exact) mass is 413 g/mol. The van der Waals surface area contributed by atoms with E-state index in [2.05, 4.69) is 17.4 Å². The second-order valence-corrected chi connectivity index (χ2v) is 8.24. The summed E-state index contributed by atoms with van der Waals surface area (Å²) in [5.41, 5.74) is 6.22. The quantitative estimate of drug-likeness (QED) is 0.391. The first-order valence-electron chi connectivity index (χ1n) is 9.44. The molecule has 152 valence electrons. The maximum atomic E-state index is 12.4. The number of benzene rings is 2. The minimum atomic E-state index is -0.731. The van der Waals surface area contributed by atoms with Crippen molar-refractivity contribution in [2.75, 3.05) is 12.3 Å². The first kappa shape index (κ1) is 20.9. The number of carbonyl (C=O) groups is 2. The van der Waals surface area contributed by atoms with Crippen LogP contribution in [0.4, 0.5) is 5.69 Å². The van der Waals surface area contributed by atoms with E-state index in [-0.39, 0.29) is 28.3 Å². The zero-order valence-corrected chi connectivity index (χ0v) is 16.7. The van der Waals surface area contributed by atoms with E-state index in [4.69, 9.17) is 5.73 Å². The van der Waals surface area contributed by atoms with Gasteiger partial charge in [-0.05, 0) is 30.5 Å². The highest BCUT2D eigenvalue weighted by Crippen LogP contribution is 2.40. The molecule has 2 aromatic rings. The van der Waals surface area contributed by atoms with Crippen LogP contribution in [0.2, 0.25) is 0 Å². The van der Waals surface area contributed by atoms with Gasteiger partial charge >= 0.3 is 0 Å². The van der Waals surface area contributed by atoms with E-state index in [1.54, 1.807) is 0 Å². The Kier molecular flexibility index (Phi) is 6.53. The largest absolute Gasteiger partial charge is 0.366 e. The Bertz CT molecular complexity index is 911. The van der Waals surface area contributed by atoms with E-state index >= 15 is 0 Å². The summed E-state index contributed by atoms with van der Waals surface area (Å²) in [5, 5.41) is 14.3. The molecule has 0 radical (unpaired) electrons. The van der Waals surface area contributed by atoms with Gasteiger partial charge in [0.05, 0.1) is 15.6 Å². The van der Waals surface area contributed by atoms with Gasteiger partial charge in [0.25, 0.3) is 5.69 Å². The van der Waals surface area contributed by atoms with Gasteiger partial charge < -0.3 is 11.1 Å². The summed E-state index contributed by atoms with van der Waals surface area (Å²) >= 11 is 1.08. The fraction of sp³-hybridized carbons (Fsp3) is 0.333. The lowest BCUT2D eigenvalue weighted by molar-refractivity contribution is -0.387. The topological polar surface area (TPSA) is 115 Å². The minimum Gasteiger partial charge on any atom is -0.366 e. The zero-order chi connectivity index (χ0) is 20.9. The van der Waals surface area contributed by atoms with Crippen LogP contribution in [-0.2, 0) is 10.2 Å². The molecule has 0 aliphatic heterocycles. The molecule has 1 fully saturated rings. The van der Waals surface area contributed by atoms with Crippen LogP contribution in [0.5, 0.6) is 0 Å². The van der Waals surface area contributed by atoms with Crippen molar-refractivity contribution >= 4 is 29.3 Å². The molecule has 0 unspecified atom stereocenters. The Balaban J connectivity index is 1.63. The third kappa shape index (κ3) is 4.95. The van der Waals surface area contributed by atoms with Gasteiger partial charge in [-0.3, -0.25) is 19.7 Å². The molecule has 3 rings (SSSR count). The number of hydrogen-bond donors (Lipinski definition) is 2. The number of nitrogens with zero attached hydrogens (tertiary/aromatic N) is 1. The minimum absolute atomic E-state index is 0.0449. The van der Waals surface area contributed by atoms with Gasteiger partial charge in [0.2, 0.25) is 11.8 Å². The van der Waals surface area contributed by atoms with E-state index in [0.29, 0.717) is 11.4 Å². The maximum Gasteiger partial charge on any atom is 0.283 e. The molecule has 29 heavy (non-hydrogen) atoms. The summed E-state index contributed by atoms with van der Waals surface area (Å²) in [6.45, 7) is 0.555. The average molecular weight is 413 g/mol.